The SMILES string of the molecule is Cc1ccn2cc(C(=O)NC3(C)CCS(=O)(=O)C3)nc2c1. The summed E-state index contributed by atoms with van der Waals surface area (Å²) in [6.45, 7) is 3.72. The zero-order valence-electron chi connectivity index (χ0n) is 12.0. The lowest BCUT2D eigenvalue weighted by atomic mass is 10.0. The maximum atomic E-state index is 12.3. The lowest BCUT2D eigenvalue weighted by molar-refractivity contribution is 0.0911. The third-order valence-electron chi connectivity index (χ3n) is 3.77. The van der Waals surface area contributed by atoms with Crippen molar-refractivity contribution in [3.63, 3.8) is 0 Å². The van der Waals surface area contributed by atoms with Crippen LogP contribution in [0.15, 0.2) is 24.5 Å². The van der Waals surface area contributed by atoms with Gasteiger partial charge >= 0.3 is 0 Å². The smallest absolute Gasteiger partial charge is 0.271 e. The number of pyridine rings is 1. The summed E-state index contributed by atoms with van der Waals surface area (Å²) < 4.78 is 24.9. The van der Waals surface area contributed by atoms with Gasteiger partial charge in [0.05, 0.1) is 17.0 Å². The zero-order valence-corrected chi connectivity index (χ0v) is 12.8. The molecule has 0 aliphatic carbocycles. The van der Waals surface area contributed by atoms with E-state index in [4.69, 9.17) is 0 Å². The highest BCUT2D eigenvalue weighted by Crippen LogP contribution is 2.23. The number of carbonyl (C=O) groups is 1. The topological polar surface area (TPSA) is 80.5 Å². The molecule has 1 aliphatic heterocycles. The van der Waals surface area contributed by atoms with Crippen LogP contribution in [0.1, 0.15) is 29.4 Å². The number of nitrogens with one attached hydrogen (secondary N) is 1. The van der Waals surface area contributed by atoms with Gasteiger partial charge < -0.3 is 9.72 Å². The van der Waals surface area contributed by atoms with Gasteiger partial charge in [-0.3, -0.25) is 4.79 Å². The molecule has 0 spiro atoms. The van der Waals surface area contributed by atoms with Crippen molar-refractivity contribution in [1.29, 1.82) is 0 Å². The highest BCUT2D eigenvalue weighted by Gasteiger charge is 2.39. The number of aryl methyl sites for hydroxylation is 1. The van der Waals surface area contributed by atoms with Crippen LogP contribution >= 0.6 is 0 Å². The molecule has 112 valence electrons. The van der Waals surface area contributed by atoms with Crippen LogP contribution in [0.3, 0.4) is 0 Å². The third kappa shape index (κ3) is 2.78. The normalized spacial score (nSPS) is 24.3. The maximum absolute atomic E-state index is 12.3. The molecule has 1 fully saturated rings. The lowest BCUT2D eigenvalue weighted by Gasteiger charge is -2.23. The number of carbonyl (C=O) groups excluding carboxylic acids is 1. The number of aromatic nitrogens is 2. The molecule has 0 saturated carbocycles. The summed E-state index contributed by atoms with van der Waals surface area (Å²) in [6, 6.07) is 3.82. The van der Waals surface area contributed by atoms with Gasteiger partial charge in [-0.15, -0.1) is 0 Å². The Balaban J connectivity index is 1.84. The molecular weight excluding hydrogens is 290 g/mol. The molecule has 1 saturated heterocycles. The quantitative estimate of drug-likeness (QED) is 0.896. The first-order valence-corrected chi connectivity index (χ1v) is 8.57. The van der Waals surface area contributed by atoms with E-state index >= 15 is 0 Å². The predicted octanol–water partition coefficient (Wildman–Crippen LogP) is 0.950. The Morgan fingerprint density at radius 1 is 1.48 bits per heavy atom. The number of fused-ring (bicyclic) bond motifs is 1. The van der Waals surface area contributed by atoms with Crippen molar-refractivity contribution in [3.05, 3.63) is 35.8 Å². The summed E-state index contributed by atoms with van der Waals surface area (Å²) in [6.07, 6.45) is 3.93. The van der Waals surface area contributed by atoms with Crippen molar-refractivity contribution in [2.45, 2.75) is 25.8 Å². The van der Waals surface area contributed by atoms with Crippen LogP contribution in [0.5, 0.6) is 0 Å². The number of sulfone groups is 1. The van der Waals surface area contributed by atoms with Crippen LogP contribution in [-0.4, -0.2) is 40.8 Å². The van der Waals surface area contributed by atoms with E-state index in [0.29, 0.717) is 17.8 Å². The molecule has 6 nitrogen and oxygen atoms in total. The summed E-state index contributed by atoms with van der Waals surface area (Å²) in [5, 5.41) is 2.81. The molecule has 0 radical (unpaired) electrons. The molecule has 1 aliphatic rings. The van der Waals surface area contributed by atoms with Crippen LogP contribution in [0.2, 0.25) is 0 Å². The first-order chi connectivity index (χ1) is 9.76. The average molecular weight is 307 g/mol. The Morgan fingerprint density at radius 3 is 2.90 bits per heavy atom. The van der Waals surface area contributed by atoms with Crippen molar-refractivity contribution < 1.29 is 13.2 Å². The number of amides is 1. The summed E-state index contributed by atoms with van der Waals surface area (Å²) in [7, 11) is -3.05. The summed E-state index contributed by atoms with van der Waals surface area (Å²) in [5.41, 5.74) is 1.35. The number of hydrogen-bond acceptors (Lipinski definition) is 4. The molecule has 1 N–H and O–H groups in total. The molecule has 21 heavy (non-hydrogen) atoms. The van der Waals surface area contributed by atoms with Crippen molar-refractivity contribution in [2.24, 2.45) is 0 Å². The van der Waals surface area contributed by atoms with Gasteiger partial charge in [0, 0.05) is 12.4 Å². The van der Waals surface area contributed by atoms with Crippen molar-refractivity contribution >= 4 is 21.4 Å². The summed E-state index contributed by atoms with van der Waals surface area (Å²) in [5.74, 6) is -0.234. The third-order valence-corrected chi connectivity index (χ3v) is 5.67. The minimum Gasteiger partial charge on any atom is -0.344 e. The lowest BCUT2D eigenvalue weighted by Crippen LogP contribution is -2.47. The Hall–Kier alpha value is -1.89. The van der Waals surface area contributed by atoms with Crippen LogP contribution in [-0.2, 0) is 9.84 Å². The van der Waals surface area contributed by atoms with E-state index in [-0.39, 0.29) is 17.4 Å². The minimum absolute atomic E-state index is 0.0157. The predicted molar refractivity (Wildman–Crippen MR) is 79.1 cm³/mol. The van der Waals surface area contributed by atoms with Crippen LogP contribution in [0.4, 0.5) is 0 Å². The van der Waals surface area contributed by atoms with E-state index in [9.17, 15) is 13.2 Å². The van der Waals surface area contributed by atoms with E-state index in [1.54, 1.807) is 17.5 Å². The van der Waals surface area contributed by atoms with Gasteiger partial charge in [-0.1, -0.05) is 0 Å². The fourth-order valence-corrected chi connectivity index (χ4v) is 4.73. The molecule has 2 aromatic rings. The molecule has 0 aromatic carbocycles. The zero-order chi connectivity index (χ0) is 15.3. The van der Waals surface area contributed by atoms with Crippen LogP contribution < -0.4 is 5.32 Å². The van der Waals surface area contributed by atoms with Crippen molar-refractivity contribution in [1.82, 2.24) is 14.7 Å². The fourth-order valence-electron chi connectivity index (χ4n) is 2.64. The number of nitrogens with zero attached hydrogens (tertiary/aromatic N) is 2. The van der Waals surface area contributed by atoms with Crippen molar-refractivity contribution in [2.75, 3.05) is 11.5 Å². The largest absolute Gasteiger partial charge is 0.344 e. The first kappa shape index (κ1) is 14.1. The Labute approximate surface area is 123 Å². The van der Waals surface area contributed by atoms with E-state index in [1.165, 1.54) is 0 Å². The van der Waals surface area contributed by atoms with E-state index in [0.717, 1.165) is 5.56 Å². The summed E-state index contributed by atoms with van der Waals surface area (Å²) >= 11 is 0. The molecule has 0 bridgehead atoms. The molecule has 2 aromatic heterocycles. The number of imidazole rings is 1. The Bertz CT molecular complexity index is 825. The molecule has 1 atom stereocenters. The first-order valence-electron chi connectivity index (χ1n) is 6.75. The molecule has 3 heterocycles. The molecule has 3 rings (SSSR count). The second-order valence-corrected chi connectivity index (χ2v) is 8.14. The van der Waals surface area contributed by atoms with Gasteiger partial charge in [0.1, 0.15) is 11.3 Å². The maximum Gasteiger partial charge on any atom is 0.271 e. The highest BCUT2D eigenvalue weighted by molar-refractivity contribution is 7.91. The van der Waals surface area contributed by atoms with Gasteiger partial charge in [0.15, 0.2) is 9.84 Å². The van der Waals surface area contributed by atoms with Gasteiger partial charge in [0.2, 0.25) is 0 Å². The fraction of sp³-hybridized carbons (Fsp3) is 0.429. The minimum atomic E-state index is -3.05. The number of rotatable bonds is 2. The standard InChI is InChI=1S/C14H17N3O3S/c1-10-3-5-17-8-11(15-12(17)7-10)13(18)16-14(2)4-6-21(19,20)9-14/h3,5,7-8H,4,6,9H2,1-2H3,(H,16,18). The van der Waals surface area contributed by atoms with Gasteiger partial charge in [-0.2, -0.15) is 0 Å². The second-order valence-electron chi connectivity index (χ2n) is 5.95. The van der Waals surface area contributed by atoms with Gasteiger partial charge in [-0.05, 0) is 38.0 Å². The van der Waals surface area contributed by atoms with E-state index < -0.39 is 15.4 Å². The van der Waals surface area contributed by atoms with Gasteiger partial charge in [0.25, 0.3) is 5.91 Å². The van der Waals surface area contributed by atoms with Crippen LogP contribution in [0, 0.1) is 6.92 Å². The van der Waals surface area contributed by atoms with Crippen LogP contribution in [0.25, 0.3) is 5.65 Å². The molecule has 1 amide bonds. The van der Waals surface area contributed by atoms with E-state index in [2.05, 4.69) is 10.3 Å². The van der Waals surface area contributed by atoms with Gasteiger partial charge in [-0.25, -0.2) is 13.4 Å². The van der Waals surface area contributed by atoms with Crippen molar-refractivity contribution in [3.8, 4) is 0 Å². The average Bonchev–Trinajstić information content (AvgIpc) is 2.90. The molecular formula is C14H17N3O3S. The number of hydrogen-bond donors (Lipinski definition) is 1. The van der Waals surface area contributed by atoms with E-state index in [1.807, 2.05) is 25.3 Å². The second kappa shape index (κ2) is 4.56. The highest BCUT2D eigenvalue weighted by atomic mass is 32.2. The molecule has 1 unspecified atom stereocenters. The monoisotopic (exact) mass is 307 g/mol. The Morgan fingerprint density at radius 2 is 2.24 bits per heavy atom. The Kier molecular flexibility index (Phi) is 3.05. The summed E-state index contributed by atoms with van der Waals surface area (Å²) in [4.78, 5) is 16.6. The molecule has 7 heteroatoms.